The van der Waals surface area contributed by atoms with Crippen LogP contribution >= 0.6 is 11.8 Å². The Morgan fingerprint density at radius 3 is 2.57 bits per heavy atom. The zero-order chi connectivity index (χ0) is 21.8. The number of Topliss-reactive ketones (excluding diaryl/α,β-unsaturated/α-hetero) is 1. The Balaban J connectivity index is 1.93. The van der Waals surface area contributed by atoms with Crippen molar-refractivity contribution in [1.82, 2.24) is 14.8 Å². The zero-order valence-electron chi connectivity index (χ0n) is 18.1. The number of hydrogen-bond donors (Lipinski definition) is 0. The smallest absolute Gasteiger partial charge is 0.192 e. The molecule has 0 spiro atoms. The Morgan fingerprint density at radius 2 is 1.87 bits per heavy atom. The van der Waals surface area contributed by atoms with Gasteiger partial charge in [-0.05, 0) is 62.6 Å². The first-order valence-electron chi connectivity index (χ1n) is 9.83. The number of methoxy groups -OCH3 is 1. The van der Waals surface area contributed by atoms with Crippen molar-refractivity contribution in [3.8, 4) is 17.1 Å². The molecule has 5 nitrogen and oxygen atoms in total. The van der Waals surface area contributed by atoms with Crippen molar-refractivity contribution in [2.24, 2.45) is 0 Å². The molecule has 3 rings (SSSR count). The number of nitrogens with zero attached hydrogens (tertiary/aromatic N) is 3. The maximum atomic E-state index is 13.2. The highest BCUT2D eigenvalue weighted by molar-refractivity contribution is 8.00. The van der Waals surface area contributed by atoms with Crippen LogP contribution in [-0.2, 0) is 6.54 Å². The second-order valence-corrected chi connectivity index (χ2v) is 8.59. The summed E-state index contributed by atoms with van der Waals surface area (Å²) in [6.07, 6.45) is 1.80. The molecule has 1 atom stereocenters. The topological polar surface area (TPSA) is 57.0 Å². The molecule has 0 bridgehead atoms. The standard InChI is InChI=1S/C24H27N3O2S/c1-7-12-27-23(19-10-8-9-11-21(19)29-6)25-26-24(27)30-18(5)22(28)20-14-16(3)15(2)13-17(20)4/h7-11,13-14,18H,1,12H2,2-6H3/t18-/m1/s1. The molecule has 0 aliphatic carbocycles. The van der Waals surface area contributed by atoms with E-state index in [1.54, 1.807) is 13.2 Å². The number of carbonyl (C=O) groups is 1. The number of thioether (sulfide) groups is 1. The lowest BCUT2D eigenvalue weighted by molar-refractivity contribution is 0.0993. The number of carbonyl (C=O) groups excluding carboxylic acids is 1. The highest BCUT2D eigenvalue weighted by atomic mass is 32.2. The quantitative estimate of drug-likeness (QED) is 0.276. The van der Waals surface area contributed by atoms with Gasteiger partial charge in [-0.2, -0.15) is 0 Å². The SMILES string of the molecule is C=CCn1c(S[C@H](C)C(=O)c2cc(C)c(C)cc2C)nnc1-c1ccccc1OC. The maximum absolute atomic E-state index is 13.2. The van der Waals surface area contributed by atoms with Crippen molar-refractivity contribution in [3.63, 3.8) is 0 Å². The van der Waals surface area contributed by atoms with Gasteiger partial charge in [0.25, 0.3) is 0 Å². The van der Waals surface area contributed by atoms with Gasteiger partial charge in [0, 0.05) is 12.1 Å². The molecular weight excluding hydrogens is 394 g/mol. The van der Waals surface area contributed by atoms with Gasteiger partial charge in [-0.15, -0.1) is 16.8 Å². The van der Waals surface area contributed by atoms with Gasteiger partial charge in [-0.3, -0.25) is 9.36 Å². The Bertz CT molecular complexity index is 1090. The predicted octanol–water partition coefficient (Wildman–Crippen LogP) is 5.43. The number of benzene rings is 2. The minimum Gasteiger partial charge on any atom is -0.496 e. The summed E-state index contributed by atoms with van der Waals surface area (Å²) in [7, 11) is 1.63. The molecule has 156 valence electrons. The average molecular weight is 422 g/mol. The third-order valence-electron chi connectivity index (χ3n) is 5.13. The number of hydrogen-bond acceptors (Lipinski definition) is 5. The van der Waals surface area contributed by atoms with E-state index in [1.807, 2.05) is 55.7 Å². The molecule has 0 aliphatic heterocycles. The molecule has 0 saturated carbocycles. The van der Waals surface area contributed by atoms with E-state index in [2.05, 4.69) is 29.8 Å². The summed E-state index contributed by atoms with van der Waals surface area (Å²) in [5.41, 5.74) is 4.92. The van der Waals surface area contributed by atoms with Crippen LogP contribution in [0.3, 0.4) is 0 Å². The summed E-state index contributed by atoms with van der Waals surface area (Å²) in [6, 6.07) is 11.7. The van der Waals surface area contributed by atoms with Crippen LogP contribution in [0.2, 0.25) is 0 Å². The molecule has 2 aromatic carbocycles. The third kappa shape index (κ3) is 4.33. The molecule has 0 unspecified atom stereocenters. The molecule has 0 fully saturated rings. The maximum Gasteiger partial charge on any atom is 0.192 e. The normalized spacial score (nSPS) is 11.9. The summed E-state index contributed by atoms with van der Waals surface area (Å²) in [6.45, 7) is 12.4. The summed E-state index contributed by atoms with van der Waals surface area (Å²) < 4.78 is 7.45. The summed E-state index contributed by atoms with van der Waals surface area (Å²) in [4.78, 5) is 13.2. The fourth-order valence-corrected chi connectivity index (χ4v) is 4.28. The van der Waals surface area contributed by atoms with Crippen molar-refractivity contribution in [3.05, 3.63) is 71.3 Å². The Morgan fingerprint density at radius 1 is 1.17 bits per heavy atom. The van der Waals surface area contributed by atoms with Crippen LogP contribution in [0.15, 0.2) is 54.2 Å². The fourth-order valence-electron chi connectivity index (χ4n) is 3.35. The molecule has 0 aliphatic rings. The monoisotopic (exact) mass is 421 g/mol. The van der Waals surface area contributed by atoms with Gasteiger partial charge >= 0.3 is 0 Å². The lowest BCUT2D eigenvalue weighted by Gasteiger charge is -2.15. The van der Waals surface area contributed by atoms with Crippen LogP contribution in [0.25, 0.3) is 11.4 Å². The Kier molecular flexibility index (Phi) is 6.77. The number of aromatic nitrogens is 3. The molecule has 1 heterocycles. The van der Waals surface area contributed by atoms with Crippen LogP contribution in [0.5, 0.6) is 5.75 Å². The predicted molar refractivity (Wildman–Crippen MR) is 123 cm³/mol. The van der Waals surface area contributed by atoms with Gasteiger partial charge in [0.2, 0.25) is 0 Å². The van der Waals surface area contributed by atoms with Crippen molar-refractivity contribution in [1.29, 1.82) is 0 Å². The van der Waals surface area contributed by atoms with Gasteiger partial charge in [-0.25, -0.2) is 0 Å². The number of rotatable bonds is 8. The first-order valence-corrected chi connectivity index (χ1v) is 10.7. The molecule has 3 aromatic rings. The van der Waals surface area contributed by atoms with Gasteiger partial charge in [0.1, 0.15) is 5.75 Å². The van der Waals surface area contributed by atoms with Crippen molar-refractivity contribution in [2.75, 3.05) is 7.11 Å². The molecular formula is C24H27N3O2S. The first kappa shape index (κ1) is 21.8. The van der Waals surface area contributed by atoms with E-state index in [9.17, 15) is 4.79 Å². The van der Waals surface area contributed by atoms with E-state index in [-0.39, 0.29) is 11.0 Å². The molecule has 30 heavy (non-hydrogen) atoms. The first-order chi connectivity index (χ1) is 14.4. The second-order valence-electron chi connectivity index (χ2n) is 7.28. The summed E-state index contributed by atoms with van der Waals surface area (Å²) >= 11 is 1.41. The number of ether oxygens (including phenoxy) is 1. The third-order valence-corrected chi connectivity index (χ3v) is 6.21. The molecule has 0 amide bonds. The Labute approximate surface area is 182 Å². The lowest BCUT2D eigenvalue weighted by Crippen LogP contribution is -2.16. The van der Waals surface area contributed by atoms with Crippen LogP contribution < -0.4 is 4.74 Å². The summed E-state index contributed by atoms with van der Waals surface area (Å²) in [5.74, 6) is 1.51. The fraction of sp³-hybridized carbons (Fsp3) is 0.292. The van der Waals surface area contributed by atoms with E-state index in [0.29, 0.717) is 17.5 Å². The lowest BCUT2D eigenvalue weighted by atomic mass is 9.97. The average Bonchev–Trinajstić information content (AvgIpc) is 3.12. The molecule has 0 radical (unpaired) electrons. The second kappa shape index (κ2) is 9.30. The molecule has 0 saturated heterocycles. The molecule has 0 N–H and O–H groups in total. The minimum absolute atomic E-state index is 0.0904. The van der Waals surface area contributed by atoms with Gasteiger partial charge < -0.3 is 4.74 Å². The van der Waals surface area contributed by atoms with E-state index in [4.69, 9.17) is 4.74 Å². The summed E-state index contributed by atoms with van der Waals surface area (Å²) in [5, 5.41) is 9.15. The molecule has 1 aromatic heterocycles. The van der Waals surface area contributed by atoms with Crippen molar-refractivity contribution in [2.45, 2.75) is 44.6 Å². The van der Waals surface area contributed by atoms with Crippen molar-refractivity contribution >= 4 is 17.5 Å². The number of allylic oxidation sites excluding steroid dienone is 1. The number of aryl methyl sites for hydroxylation is 3. The van der Waals surface area contributed by atoms with Crippen LogP contribution in [-0.4, -0.2) is 32.9 Å². The van der Waals surface area contributed by atoms with Crippen LogP contribution in [0.1, 0.15) is 34.0 Å². The highest BCUT2D eigenvalue weighted by Crippen LogP contribution is 2.33. The zero-order valence-corrected chi connectivity index (χ0v) is 18.9. The van der Waals surface area contributed by atoms with E-state index in [1.165, 1.54) is 17.3 Å². The van der Waals surface area contributed by atoms with E-state index >= 15 is 0 Å². The number of para-hydroxylation sites is 1. The van der Waals surface area contributed by atoms with Gasteiger partial charge in [-0.1, -0.05) is 36.0 Å². The Hall–Kier alpha value is -2.86. The molecule has 6 heteroatoms. The van der Waals surface area contributed by atoms with Crippen LogP contribution in [0, 0.1) is 20.8 Å². The highest BCUT2D eigenvalue weighted by Gasteiger charge is 2.23. The largest absolute Gasteiger partial charge is 0.496 e. The van der Waals surface area contributed by atoms with Gasteiger partial charge in [0.05, 0.1) is 17.9 Å². The van der Waals surface area contributed by atoms with E-state index in [0.717, 1.165) is 28.0 Å². The van der Waals surface area contributed by atoms with E-state index < -0.39 is 0 Å². The van der Waals surface area contributed by atoms with Crippen LogP contribution in [0.4, 0.5) is 0 Å². The minimum atomic E-state index is -0.302. The van der Waals surface area contributed by atoms with Crippen molar-refractivity contribution < 1.29 is 9.53 Å². The van der Waals surface area contributed by atoms with Gasteiger partial charge in [0.15, 0.2) is 16.8 Å². The number of ketones is 1.